The SMILES string of the molecule is CCN(CC)CCn1c(NC(=O)c2csc3c2CCCC3)nc2ccccc21. The fourth-order valence-electron chi connectivity index (χ4n) is 4.03. The van der Waals surface area contributed by atoms with Crippen molar-refractivity contribution in [3.05, 3.63) is 45.6 Å². The first-order chi connectivity index (χ1) is 13.7. The van der Waals surface area contributed by atoms with Crippen LogP contribution in [0.2, 0.25) is 0 Å². The van der Waals surface area contributed by atoms with Crippen molar-refractivity contribution in [2.45, 2.75) is 46.1 Å². The first kappa shape index (κ1) is 19.2. The number of thiophene rings is 1. The van der Waals surface area contributed by atoms with E-state index in [-0.39, 0.29) is 5.91 Å². The maximum Gasteiger partial charge on any atom is 0.259 e. The number of carbonyl (C=O) groups is 1. The van der Waals surface area contributed by atoms with Crippen LogP contribution in [-0.2, 0) is 19.4 Å². The van der Waals surface area contributed by atoms with Crippen LogP contribution in [0, 0.1) is 0 Å². The number of amides is 1. The molecule has 0 unspecified atom stereocenters. The summed E-state index contributed by atoms with van der Waals surface area (Å²) < 4.78 is 2.14. The highest BCUT2D eigenvalue weighted by atomic mass is 32.1. The summed E-state index contributed by atoms with van der Waals surface area (Å²) in [7, 11) is 0. The number of carbonyl (C=O) groups excluding carboxylic acids is 1. The molecule has 0 fully saturated rings. The Bertz CT molecular complexity index is 970. The summed E-state index contributed by atoms with van der Waals surface area (Å²) in [6, 6.07) is 8.10. The zero-order valence-electron chi connectivity index (χ0n) is 16.7. The first-order valence-electron chi connectivity index (χ1n) is 10.3. The largest absolute Gasteiger partial charge is 0.309 e. The van der Waals surface area contributed by atoms with Crippen LogP contribution in [0.4, 0.5) is 5.95 Å². The molecule has 5 nitrogen and oxygen atoms in total. The van der Waals surface area contributed by atoms with Crippen molar-refractivity contribution in [1.29, 1.82) is 0 Å². The summed E-state index contributed by atoms with van der Waals surface area (Å²) in [6.07, 6.45) is 4.53. The van der Waals surface area contributed by atoms with Gasteiger partial charge in [0.05, 0.1) is 16.6 Å². The van der Waals surface area contributed by atoms with Gasteiger partial charge in [0.1, 0.15) is 0 Å². The number of aryl methyl sites for hydroxylation is 1. The number of rotatable bonds is 7. The molecule has 0 radical (unpaired) electrons. The Morgan fingerprint density at radius 1 is 1.21 bits per heavy atom. The van der Waals surface area contributed by atoms with Crippen LogP contribution in [0.5, 0.6) is 0 Å². The van der Waals surface area contributed by atoms with E-state index in [0.717, 1.165) is 55.6 Å². The zero-order valence-corrected chi connectivity index (χ0v) is 17.5. The fourth-order valence-corrected chi connectivity index (χ4v) is 5.16. The Morgan fingerprint density at radius 2 is 2.00 bits per heavy atom. The van der Waals surface area contributed by atoms with Crippen molar-refractivity contribution in [1.82, 2.24) is 14.5 Å². The minimum absolute atomic E-state index is 0.0289. The lowest BCUT2D eigenvalue weighted by molar-refractivity contribution is 0.102. The molecular weight excluding hydrogens is 368 g/mol. The van der Waals surface area contributed by atoms with Crippen LogP contribution in [0.1, 0.15) is 47.5 Å². The van der Waals surface area contributed by atoms with Gasteiger partial charge < -0.3 is 9.47 Å². The number of anilines is 1. The van der Waals surface area contributed by atoms with E-state index in [0.29, 0.717) is 5.95 Å². The summed E-state index contributed by atoms with van der Waals surface area (Å²) in [4.78, 5) is 21.5. The molecule has 2 aromatic heterocycles. The van der Waals surface area contributed by atoms with Crippen molar-refractivity contribution in [3.8, 4) is 0 Å². The predicted octanol–water partition coefficient (Wildman–Crippen LogP) is 4.57. The van der Waals surface area contributed by atoms with Gasteiger partial charge in [-0.25, -0.2) is 4.98 Å². The molecule has 2 heterocycles. The lowest BCUT2D eigenvalue weighted by atomic mass is 9.96. The monoisotopic (exact) mass is 396 g/mol. The van der Waals surface area contributed by atoms with Gasteiger partial charge in [-0.05, 0) is 56.5 Å². The average Bonchev–Trinajstić information content (AvgIpc) is 3.30. The van der Waals surface area contributed by atoms with E-state index in [9.17, 15) is 4.79 Å². The van der Waals surface area contributed by atoms with Gasteiger partial charge in [-0.2, -0.15) is 0 Å². The lowest BCUT2D eigenvalue weighted by Gasteiger charge is -2.19. The zero-order chi connectivity index (χ0) is 19.5. The molecule has 0 saturated carbocycles. The third kappa shape index (κ3) is 3.71. The number of imidazole rings is 1. The van der Waals surface area contributed by atoms with E-state index in [1.54, 1.807) is 11.3 Å². The summed E-state index contributed by atoms with van der Waals surface area (Å²) in [5.41, 5.74) is 4.07. The molecule has 1 N–H and O–H groups in total. The molecular formula is C22H28N4OS. The van der Waals surface area contributed by atoms with E-state index < -0.39 is 0 Å². The highest BCUT2D eigenvalue weighted by Gasteiger charge is 2.22. The summed E-state index contributed by atoms with van der Waals surface area (Å²) in [6.45, 7) is 8.14. The normalized spacial score (nSPS) is 13.8. The maximum atomic E-state index is 13.1. The van der Waals surface area contributed by atoms with Gasteiger partial charge in [-0.3, -0.25) is 10.1 Å². The summed E-state index contributed by atoms with van der Waals surface area (Å²) in [5, 5.41) is 5.14. The number of hydrogen-bond acceptors (Lipinski definition) is 4. The molecule has 1 aromatic carbocycles. The van der Waals surface area contributed by atoms with E-state index in [1.807, 2.05) is 23.6 Å². The Morgan fingerprint density at radius 3 is 2.82 bits per heavy atom. The molecule has 4 rings (SSSR count). The second-order valence-electron chi connectivity index (χ2n) is 7.31. The standard InChI is InChI=1S/C22H28N4OS/c1-3-25(4-2)13-14-26-19-11-7-6-10-18(19)23-22(26)24-21(27)17-15-28-20-12-8-5-9-16(17)20/h6-7,10-11,15H,3-5,8-9,12-14H2,1-2H3,(H,23,24,27). The van der Waals surface area contributed by atoms with Gasteiger partial charge >= 0.3 is 0 Å². The summed E-state index contributed by atoms with van der Waals surface area (Å²) in [5.74, 6) is 0.618. The lowest BCUT2D eigenvalue weighted by Crippen LogP contribution is -2.27. The number of nitrogens with one attached hydrogen (secondary N) is 1. The highest BCUT2D eigenvalue weighted by molar-refractivity contribution is 7.10. The van der Waals surface area contributed by atoms with Crippen molar-refractivity contribution in [2.24, 2.45) is 0 Å². The fraction of sp³-hybridized carbons (Fsp3) is 0.455. The smallest absolute Gasteiger partial charge is 0.259 e. The predicted molar refractivity (Wildman–Crippen MR) is 116 cm³/mol. The third-order valence-corrected chi connectivity index (χ3v) is 6.81. The first-order valence-corrected chi connectivity index (χ1v) is 11.2. The minimum atomic E-state index is -0.0289. The Kier molecular flexibility index (Phi) is 5.78. The average molecular weight is 397 g/mol. The molecule has 0 aliphatic heterocycles. The van der Waals surface area contributed by atoms with Gasteiger partial charge in [-0.15, -0.1) is 11.3 Å². The molecule has 0 atom stereocenters. The number of nitrogens with zero attached hydrogens (tertiary/aromatic N) is 3. The van der Waals surface area contributed by atoms with Gasteiger partial charge in [0.25, 0.3) is 5.91 Å². The van der Waals surface area contributed by atoms with Gasteiger partial charge in [-0.1, -0.05) is 26.0 Å². The molecule has 0 saturated heterocycles. The molecule has 1 amide bonds. The Hall–Kier alpha value is -2.18. The van der Waals surface area contributed by atoms with E-state index in [2.05, 4.69) is 34.7 Å². The quantitative estimate of drug-likeness (QED) is 0.636. The summed E-state index contributed by atoms with van der Waals surface area (Å²) >= 11 is 1.73. The Balaban J connectivity index is 1.61. The van der Waals surface area contributed by atoms with Crippen LogP contribution in [0.25, 0.3) is 11.0 Å². The van der Waals surface area contributed by atoms with Crippen molar-refractivity contribution in [2.75, 3.05) is 25.0 Å². The van der Waals surface area contributed by atoms with Crippen LogP contribution in [0.15, 0.2) is 29.6 Å². The third-order valence-electron chi connectivity index (χ3n) is 5.72. The molecule has 1 aliphatic rings. The highest BCUT2D eigenvalue weighted by Crippen LogP contribution is 2.31. The number of benzene rings is 1. The number of fused-ring (bicyclic) bond motifs is 2. The van der Waals surface area contributed by atoms with Gasteiger partial charge in [0, 0.05) is 23.3 Å². The molecule has 148 valence electrons. The van der Waals surface area contributed by atoms with E-state index in [4.69, 9.17) is 4.98 Å². The number of hydrogen-bond donors (Lipinski definition) is 1. The van der Waals surface area contributed by atoms with Crippen molar-refractivity contribution in [3.63, 3.8) is 0 Å². The topological polar surface area (TPSA) is 50.2 Å². The molecule has 6 heteroatoms. The number of para-hydroxylation sites is 2. The number of likely N-dealkylation sites (N-methyl/N-ethyl adjacent to an activating group) is 1. The van der Waals surface area contributed by atoms with Gasteiger partial charge in [0.15, 0.2) is 0 Å². The molecule has 1 aliphatic carbocycles. The van der Waals surface area contributed by atoms with E-state index >= 15 is 0 Å². The molecule has 3 aromatic rings. The maximum absolute atomic E-state index is 13.1. The van der Waals surface area contributed by atoms with Crippen molar-refractivity contribution < 1.29 is 4.79 Å². The number of aromatic nitrogens is 2. The van der Waals surface area contributed by atoms with Gasteiger partial charge in [0.2, 0.25) is 5.95 Å². The van der Waals surface area contributed by atoms with Crippen molar-refractivity contribution >= 4 is 34.2 Å². The van der Waals surface area contributed by atoms with Crippen LogP contribution in [-0.4, -0.2) is 40.0 Å². The Labute approximate surface area is 170 Å². The molecule has 0 spiro atoms. The second kappa shape index (κ2) is 8.45. The minimum Gasteiger partial charge on any atom is -0.309 e. The van der Waals surface area contributed by atoms with E-state index in [1.165, 1.54) is 23.3 Å². The van der Waals surface area contributed by atoms with Crippen LogP contribution < -0.4 is 5.32 Å². The van der Waals surface area contributed by atoms with Crippen LogP contribution in [0.3, 0.4) is 0 Å². The molecule has 28 heavy (non-hydrogen) atoms. The van der Waals surface area contributed by atoms with Crippen LogP contribution >= 0.6 is 11.3 Å². The second-order valence-corrected chi connectivity index (χ2v) is 8.28. The molecule has 0 bridgehead atoms.